The molecule has 0 spiro atoms. The zero-order valence-electron chi connectivity index (χ0n) is 11.7. The van der Waals surface area contributed by atoms with Crippen LogP contribution in [0.15, 0.2) is 30.3 Å². The minimum absolute atomic E-state index is 0.230. The van der Waals surface area contributed by atoms with E-state index in [2.05, 4.69) is 21.0 Å². The van der Waals surface area contributed by atoms with Crippen molar-refractivity contribution >= 4 is 5.97 Å². The van der Waals surface area contributed by atoms with Gasteiger partial charge in [0.25, 0.3) is 0 Å². The number of ether oxygens (including phenoxy) is 1. The number of carbonyl (C=O) groups is 1. The molecule has 0 heterocycles. The second-order valence-electron chi connectivity index (χ2n) is 5.24. The minimum Gasteiger partial charge on any atom is -0.456 e. The molecule has 18 heavy (non-hydrogen) atoms. The van der Waals surface area contributed by atoms with Crippen molar-refractivity contribution in [2.75, 3.05) is 33.8 Å². The van der Waals surface area contributed by atoms with E-state index in [1.807, 2.05) is 18.2 Å². The first kappa shape index (κ1) is 14.7. The Balaban J connectivity index is 2.31. The van der Waals surface area contributed by atoms with Crippen molar-refractivity contribution in [3.05, 3.63) is 35.9 Å². The Morgan fingerprint density at radius 1 is 1.17 bits per heavy atom. The number of esters is 1. The van der Waals surface area contributed by atoms with E-state index >= 15 is 0 Å². The maximum Gasteiger partial charge on any atom is 0.338 e. The number of unbranched alkanes of at least 4 members (excludes halogenated alkanes) is 1. The summed E-state index contributed by atoms with van der Waals surface area (Å²) < 4.78 is 6.19. The third kappa shape index (κ3) is 5.32. The Morgan fingerprint density at radius 3 is 2.44 bits per heavy atom. The van der Waals surface area contributed by atoms with Gasteiger partial charge in [-0.25, -0.2) is 4.79 Å². The molecule has 0 fully saturated rings. The molecule has 3 nitrogen and oxygen atoms in total. The SMILES string of the molecule is CCCC[N+](C)(C)CCOC(=O)c1ccccc1. The number of benzene rings is 1. The molecular weight excluding hydrogens is 226 g/mol. The van der Waals surface area contributed by atoms with Gasteiger partial charge in [0.1, 0.15) is 13.2 Å². The fourth-order valence-corrected chi connectivity index (χ4v) is 1.74. The Kier molecular flexibility index (Phi) is 5.86. The molecule has 0 aromatic heterocycles. The number of rotatable bonds is 7. The number of carbonyl (C=O) groups excluding carboxylic acids is 1. The third-order valence-electron chi connectivity index (χ3n) is 3.06. The molecule has 0 radical (unpaired) electrons. The van der Waals surface area contributed by atoms with E-state index in [0.29, 0.717) is 12.2 Å². The van der Waals surface area contributed by atoms with Crippen LogP contribution in [-0.2, 0) is 4.74 Å². The lowest BCUT2D eigenvalue weighted by atomic mass is 10.2. The maximum atomic E-state index is 11.7. The van der Waals surface area contributed by atoms with E-state index in [9.17, 15) is 4.79 Å². The minimum atomic E-state index is -0.230. The van der Waals surface area contributed by atoms with Gasteiger partial charge in [-0.1, -0.05) is 31.5 Å². The highest BCUT2D eigenvalue weighted by Gasteiger charge is 2.15. The van der Waals surface area contributed by atoms with E-state index in [0.717, 1.165) is 17.6 Å². The summed E-state index contributed by atoms with van der Waals surface area (Å²) >= 11 is 0. The van der Waals surface area contributed by atoms with Crippen molar-refractivity contribution in [3.8, 4) is 0 Å². The van der Waals surface area contributed by atoms with E-state index < -0.39 is 0 Å². The Morgan fingerprint density at radius 2 is 1.83 bits per heavy atom. The van der Waals surface area contributed by atoms with Crippen molar-refractivity contribution in [1.82, 2.24) is 0 Å². The number of quaternary nitrogens is 1. The average molecular weight is 250 g/mol. The lowest BCUT2D eigenvalue weighted by Gasteiger charge is -2.29. The molecule has 0 saturated carbocycles. The quantitative estimate of drug-likeness (QED) is 0.549. The number of hydrogen-bond acceptors (Lipinski definition) is 2. The summed E-state index contributed by atoms with van der Waals surface area (Å²) in [7, 11) is 4.35. The fraction of sp³-hybridized carbons (Fsp3) is 0.533. The third-order valence-corrected chi connectivity index (χ3v) is 3.06. The van der Waals surface area contributed by atoms with Crippen LogP contribution in [0.2, 0.25) is 0 Å². The molecule has 0 bridgehead atoms. The highest BCUT2D eigenvalue weighted by molar-refractivity contribution is 5.89. The van der Waals surface area contributed by atoms with Crippen LogP contribution in [0, 0.1) is 0 Å². The van der Waals surface area contributed by atoms with Crippen molar-refractivity contribution < 1.29 is 14.0 Å². The molecule has 0 aliphatic rings. The highest BCUT2D eigenvalue weighted by Crippen LogP contribution is 2.04. The average Bonchev–Trinajstić information content (AvgIpc) is 2.37. The maximum absolute atomic E-state index is 11.7. The van der Waals surface area contributed by atoms with Crippen LogP contribution in [-0.4, -0.2) is 44.2 Å². The van der Waals surface area contributed by atoms with Gasteiger partial charge in [-0.05, 0) is 18.6 Å². The van der Waals surface area contributed by atoms with Gasteiger partial charge in [0.2, 0.25) is 0 Å². The van der Waals surface area contributed by atoms with Crippen LogP contribution in [0.1, 0.15) is 30.1 Å². The van der Waals surface area contributed by atoms with Crippen LogP contribution < -0.4 is 0 Å². The van der Waals surface area contributed by atoms with Gasteiger partial charge in [-0.15, -0.1) is 0 Å². The first-order valence-electron chi connectivity index (χ1n) is 6.59. The molecule has 0 amide bonds. The van der Waals surface area contributed by atoms with Gasteiger partial charge in [0.05, 0.1) is 26.2 Å². The molecule has 1 aromatic rings. The normalized spacial score (nSPS) is 11.3. The monoisotopic (exact) mass is 250 g/mol. The van der Waals surface area contributed by atoms with Crippen LogP contribution >= 0.6 is 0 Å². The molecular formula is C15H24NO2+. The van der Waals surface area contributed by atoms with Gasteiger partial charge in [-0.2, -0.15) is 0 Å². The van der Waals surface area contributed by atoms with Crippen molar-refractivity contribution in [2.24, 2.45) is 0 Å². The highest BCUT2D eigenvalue weighted by atomic mass is 16.5. The predicted octanol–water partition coefficient (Wildman–Crippen LogP) is 2.72. The van der Waals surface area contributed by atoms with Gasteiger partial charge in [-0.3, -0.25) is 0 Å². The van der Waals surface area contributed by atoms with Crippen LogP contribution in [0.25, 0.3) is 0 Å². The molecule has 0 unspecified atom stereocenters. The van der Waals surface area contributed by atoms with E-state index in [-0.39, 0.29) is 5.97 Å². The van der Waals surface area contributed by atoms with E-state index in [4.69, 9.17) is 4.74 Å². The molecule has 1 rings (SSSR count). The molecule has 3 heteroatoms. The molecule has 0 N–H and O–H groups in total. The van der Waals surface area contributed by atoms with E-state index in [1.165, 1.54) is 12.8 Å². The van der Waals surface area contributed by atoms with Crippen molar-refractivity contribution in [3.63, 3.8) is 0 Å². The molecule has 0 aliphatic heterocycles. The van der Waals surface area contributed by atoms with Crippen LogP contribution in [0.3, 0.4) is 0 Å². The second-order valence-corrected chi connectivity index (χ2v) is 5.24. The lowest BCUT2D eigenvalue weighted by Crippen LogP contribution is -2.43. The van der Waals surface area contributed by atoms with Gasteiger partial charge < -0.3 is 9.22 Å². The smallest absolute Gasteiger partial charge is 0.338 e. The first-order valence-corrected chi connectivity index (χ1v) is 6.59. The molecule has 100 valence electrons. The summed E-state index contributed by atoms with van der Waals surface area (Å²) in [6.45, 7) is 4.65. The molecule has 0 atom stereocenters. The Bertz CT molecular complexity index is 360. The van der Waals surface area contributed by atoms with Gasteiger partial charge in [0, 0.05) is 0 Å². The summed E-state index contributed by atoms with van der Waals surface area (Å²) in [5.74, 6) is -0.230. The van der Waals surface area contributed by atoms with Gasteiger partial charge in [0.15, 0.2) is 0 Å². The van der Waals surface area contributed by atoms with Crippen molar-refractivity contribution in [1.29, 1.82) is 0 Å². The zero-order chi connectivity index (χ0) is 13.4. The molecule has 1 aromatic carbocycles. The summed E-state index contributed by atoms with van der Waals surface area (Å²) in [6.07, 6.45) is 2.41. The Labute approximate surface area is 110 Å². The standard InChI is InChI=1S/C15H24NO2/c1-4-5-11-16(2,3)12-13-18-15(17)14-9-7-6-8-10-14/h6-10H,4-5,11-13H2,1-3H3/q+1. The second kappa shape index (κ2) is 7.17. The summed E-state index contributed by atoms with van der Waals surface area (Å²) in [5, 5.41) is 0. The van der Waals surface area contributed by atoms with E-state index in [1.54, 1.807) is 12.1 Å². The molecule has 0 saturated heterocycles. The molecule has 0 aliphatic carbocycles. The van der Waals surface area contributed by atoms with Crippen LogP contribution in [0.5, 0.6) is 0 Å². The van der Waals surface area contributed by atoms with Gasteiger partial charge >= 0.3 is 5.97 Å². The fourth-order valence-electron chi connectivity index (χ4n) is 1.74. The summed E-state index contributed by atoms with van der Waals surface area (Å²) in [5.41, 5.74) is 0.622. The summed E-state index contributed by atoms with van der Waals surface area (Å²) in [6, 6.07) is 9.13. The number of nitrogens with zero attached hydrogens (tertiary/aromatic N) is 1. The summed E-state index contributed by atoms with van der Waals surface area (Å²) in [4.78, 5) is 11.7. The topological polar surface area (TPSA) is 26.3 Å². The Hall–Kier alpha value is -1.35. The predicted molar refractivity (Wildman–Crippen MR) is 73.5 cm³/mol. The lowest BCUT2D eigenvalue weighted by molar-refractivity contribution is -0.890. The zero-order valence-corrected chi connectivity index (χ0v) is 11.7. The number of hydrogen-bond donors (Lipinski definition) is 0. The van der Waals surface area contributed by atoms with Crippen molar-refractivity contribution in [2.45, 2.75) is 19.8 Å². The number of likely N-dealkylation sites (N-methyl/N-ethyl adjacent to an activating group) is 1. The first-order chi connectivity index (χ1) is 8.55. The van der Waals surface area contributed by atoms with Crippen LogP contribution in [0.4, 0.5) is 0 Å². The largest absolute Gasteiger partial charge is 0.456 e.